The van der Waals surface area contributed by atoms with E-state index in [0.717, 1.165) is 22.5 Å². The van der Waals surface area contributed by atoms with Gasteiger partial charge in [-0.15, -0.1) is 0 Å². The van der Waals surface area contributed by atoms with Gasteiger partial charge in [0.1, 0.15) is 12.6 Å². The van der Waals surface area contributed by atoms with Crippen molar-refractivity contribution in [3.05, 3.63) is 58.7 Å². The summed E-state index contributed by atoms with van der Waals surface area (Å²) in [6, 6.07) is 12.1. The summed E-state index contributed by atoms with van der Waals surface area (Å²) in [5, 5.41) is 3.32. The zero-order chi connectivity index (χ0) is 19.1. The smallest absolute Gasteiger partial charge is 0.246 e. The highest BCUT2D eigenvalue weighted by Gasteiger charge is 2.34. The number of fused-ring (bicyclic) bond motifs is 1. The number of aryl methyl sites for hydroxylation is 3. The van der Waals surface area contributed by atoms with Crippen molar-refractivity contribution in [3.8, 4) is 0 Å². The first-order chi connectivity index (χ1) is 12.9. The van der Waals surface area contributed by atoms with Gasteiger partial charge in [-0.1, -0.05) is 23.8 Å². The van der Waals surface area contributed by atoms with E-state index in [0.29, 0.717) is 19.5 Å². The average Bonchev–Trinajstić information content (AvgIpc) is 3.03. The fourth-order valence-electron chi connectivity index (χ4n) is 4.10. The van der Waals surface area contributed by atoms with Gasteiger partial charge in [-0.3, -0.25) is 9.59 Å². The van der Waals surface area contributed by atoms with E-state index < -0.39 is 0 Å². The van der Waals surface area contributed by atoms with Crippen LogP contribution in [0.25, 0.3) is 0 Å². The van der Waals surface area contributed by atoms with Crippen molar-refractivity contribution >= 4 is 23.2 Å². The van der Waals surface area contributed by atoms with Crippen molar-refractivity contribution in [2.24, 2.45) is 0 Å². The van der Waals surface area contributed by atoms with Crippen LogP contribution in [0.2, 0.25) is 0 Å². The van der Waals surface area contributed by atoms with E-state index in [9.17, 15) is 9.59 Å². The van der Waals surface area contributed by atoms with Gasteiger partial charge in [0.05, 0.1) is 0 Å². The zero-order valence-electron chi connectivity index (χ0n) is 16.1. The third-order valence-corrected chi connectivity index (χ3v) is 5.36. The first-order valence-corrected chi connectivity index (χ1v) is 9.44. The number of nitrogens with zero attached hydrogens (tertiary/aromatic N) is 2. The van der Waals surface area contributed by atoms with Crippen molar-refractivity contribution in [2.75, 3.05) is 29.9 Å². The molecule has 0 aromatic heterocycles. The fourth-order valence-corrected chi connectivity index (χ4v) is 4.10. The van der Waals surface area contributed by atoms with Crippen molar-refractivity contribution in [1.82, 2.24) is 4.90 Å². The van der Waals surface area contributed by atoms with Crippen molar-refractivity contribution in [1.29, 1.82) is 0 Å². The van der Waals surface area contributed by atoms with Gasteiger partial charge in [-0.2, -0.15) is 0 Å². The lowest BCUT2D eigenvalue weighted by molar-refractivity contribution is -0.137. The van der Waals surface area contributed by atoms with E-state index in [1.807, 2.05) is 38.1 Å². The molecule has 1 saturated heterocycles. The van der Waals surface area contributed by atoms with Crippen LogP contribution in [0.3, 0.4) is 0 Å². The molecule has 2 aliphatic rings. The molecule has 2 heterocycles. The summed E-state index contributed by atoms with van der Waals surface area (Å²) in [7, 11) is 0. The molecular weight excluding hydrogens is 338 g/mol. The molecule has 2 aliphatic heterocycles. The van der Waals surface area contributed by atoms with E-state index in [4.69, 9.17) is 0 Å². The van der Waals surface area contributed by atoms with Gasteiger partial charge >= 0.3 is 0 Å². The highest BCUT2D eigenvalue weighted by molar-refractivity contribution is 5.99. The highest BCUT2D eigenvalue weighted by atomic mass is 16.2. The van der Waals surface area contributed by atoms with Crippen LogP contribution in [0, 0.1) is 20.8 Å². The number of rotatable bonds is 2. The lowest BCUT2D eigenvalue weighted by Crippen LogP contribution is -2.55. The number of hydrogen-bond donors (Lipinski definition) is 1. The lowest BCUT2D eigenvalue weighted by atomic mass is 10.1. The van der Waals surface area contributed by atoms with Crippen LogP contribution >= 0.6 is 0 Å². The molecule has 2 aromatic rings. The lowest BCUT2D eigenvalue weighted by Gasteiger charge is -2.35. The predicted molar refractivity (Wildman–Crippen MR) is 107 cm³/mol. The summed E-state index contributed by atoms with van der Waals surface area (Å²) in [6.07, 6.45) is 0.682. The van der Waals surface area contributed by atoms with Crippen molar-refractivity contribution < 1.29 is 9.59 Å². The van der Waals surface area contributed by atoms with E-state index in [1.165, 1.54) is 11.1 Å². The van der Waals surface area contributed by atoms with Crippen LogP contribution in [-0.4, -0.2) is 42.4 Å². The third-order valence-electron chi connectivity index (χ3n) is 5.36. The molecule has 2 aromatic carbocycles. The number of piperazine rings is 1. The van der Waals surface area contributed by atoms with Gasteiger partial charge in [0.15, 0.2) is 0 Å². The maximum atomic E-state index is 12.9. The first kappa shape index (κ1) is 17.6. The summed E-state index contributed by atoms with van der Waals surface area (Å²) in [6.45, 7) is 7.36. The van der Waals surface area contributed by atoms with Crippen LogP contribution in [0.5, 0.6) is 0 Å². The number of carbonyl (C=O) groups excluding carboxylic acids is 2. The minimum atomic E-state index is -0.276. The Morgan fingerprint density at radius 3 is 2.44 bits per heavy atom. The summed E-state index contributed by atoms with van der Waals surface area (Å²) in [5.41, 5.74) is 6.60. The molecule has 0 spiro atoms. The van der Waals surface area contributed by atoms with Crippen LogP contribution in [0.15, 0.2) is 36.4 Å². The van der Waals surface area contributed by atoms with Gasteiger partial charge in [0, 0.05) is 30.9 Å². The highest BCUT2D eigenvalue weighted by Crippen LogP contribution is 2.28. The molecule has 2 amide bonds. The summed E-state index contributed by atoms with van der Waals surface area (Å²) in [4.78, 5) is 29.2. The molecule has 1 unspecified atom stereocenters. The summed E-state index contributed by atoms with van der Waals surface area (Å²) < 4.78 is 0. The Balaban J connectivity index is 1.44. The Kier molecular flexibility index (Phi) is 4.38. The number of carbonyl (C=O) groups is 2. The van der Waals surface area contributed by atoms with Crippen molar-refractivity contribution in [3.63, 3.8) is 0 Å². The molecule has 4 rings (SSSR count). The maximum absolute atomic E-state index is 12.9. The Labute approximate surface area is 160 Å². The molecule has 5 heteroatoms. The first-order valence-electron chi connectivity index (χ1n) is 9.44. The number of benzene rings is 2. The molecule has 0 radical (unpaired) electrons. The van der Waals surface area contributed by atoms with Gasteiger partial charge in [0.25, 0.3) is 0 Å². The van der Waals surface area contributed by atoms with Crippen molar-refractivity contribution in [2.45, 2.75) is 33.2 Å². The minimum Gasteiger partial charge on any atom is -0.373 e. The molecular formula is C22H25N3O2. The standard InChI is InChI=1S/C22H25N3O2/c1-14-4-5-19-17(9-14)12-20(23-19)22(27)24-6-7-25(21(26)13-24)18-10-15(2)8-16(3)11-18/h4-5,8-11,20,23H,6-7,12-13H2,1-3H3. The molecule has 5 nitrogen and oxygen atoms in total. The van der Waals surface area contributed by atoms with Gasteiger partial charge in [-0.05, 0) is 55.7 Å². The minimum absolute atomic E-state index is 0.0114. The normalized spacial score (nSPS) is 19.1. The van der Waals surface area contributed by atoms with E-state index >= 15 is 0 Å². The van der Waals surface area contributed by atoms with Crippen LogP contribution in [0.1, 0.15) is 22.3 Å². The Morgan fingerprint density at radius 1 is 1.00 bits per heavy atom. The second-order valence-corrected chi connectivity index (χ2v) is 7.71. The summed E-state index contributed by atoms with van der Waals surface area (Å²) in [5.74, 6) is -0.0109. The van der Waals surface area contributed by atoms with Gasteiger partial charge in [0.2, 0.25) is 11.8 Å². The van der Waals surface area contributed by atoms with Crippen LogP contribution in [-0.2, 0) is 16.0 Å². The quantitative estimate of drug-likeness (QED) is 0.893. The Hall–Kier alpha value is -2.82. The van der Waals surface area contributed by atoms with E-state index in [-0.39, 0.29) is 24.4 Å². The molecule has 1 atom stereocenters. The average molecular weight is 363 g/mol. The number of anilines is 2. The molecule has 0 saturated carbocycles. The Bertz CT molecular complexity index is 902. The monoisotopic (exact) mass is 363 g/mol. The van der Waals surface area contributed by atoms with E-state index in [1.54, 1.807) is 9.80 Å². The SMILES string of the molecule is Cc1cc(C)cc(N2CCN(C(=O)C3Cc4cc(C)ccc4N3)CC2=O)c1. The molecule has 27 heavy (non-hydrogen) atoms. The Morgan fingerprint density at radius 2 is 1.74 bits per heavy atom. The molecule has 1 fully saturated rings. The zero-order valence-corrected chi connectivity index (χ0v) is 16.1. The molecule has 140 valence electrons. The number of hydrogen-bond acceptors (Lipinski definition) is 3. The van der Waals surface area contributed by atoms with Crippen LogP contribution < -0.4 is 10.2 Å². The second-order valence-electron chi connectivity index (χ2n) is 7.71. The summed E-state index contributed by atoms with van der Waals surface area (Å²) >= 11 is 0. The second kappa shape index (κ2) is 6.72. The molecule has 1 N–H and O–H groups in total. The third kappa shape index (κ3) is 3.42. The fraction of sp³-hybridized carbons (Fsp3) is 0.364. The number of nitrogens with one attached hydrogen (secondary N) is 1. The largest absolute Gasteiger partial charge is 0.373 e. The van der Waals surface area contributed by atoms with Gasteiger partial charge < -0.3 is 15.1 Å². The van der Waals surface area contributed by atoms with E-state index in [2.05, 4.69) is 24.4 Å². The molecule has 0 bridgehead atoms. The van der Waals surface area contributed by atoms with Crippen LogP contribution in [0.4, 0.5) is 11.4 Å². The maximum Gasteiger partial charge on any atom is 0.246 e. The van der Waals surface area contributed by atoms with Gasteiger partial charge in [-0.25, -0.2) is 0 Å². The topological polar surface area (TPSA) is 52.6 Å². The predicted octanol–water partition coefficient (Wildman–Crippen LogP) is 2.82. The molecule has 0 aliphatic carbocycles. The number of amides is 2.